The highest BCUT2D eigenvalue weighted by Gasteiger charge is 2.21. The lowest BCUT2D eigenvalue weighted by atomic mass is 9.97. The summed E-state index contributed by atoms with van der Waals surface area (Å²) in [4.78, 5) is 5.04. The number of aryl methyl sites for hydroxylation is 1. The van der Waals surface area contributed by atoms with Gasteiger partial charge in [0.25, 0.3) is 0 Å². The molecule has 5 rings (SSSR count). The number of hydrogen-bond donors (Lipinski definition) is 0. The molecule has 3 aliphatic rings. The highest BCUT2D eigenvalue weighted by molar-refractivity contribution is 7.42. The van der Waals surface area contributed by atoms with Crippen LogP contribution in [0.5, 0.6) is 0 Å². The molecule has 0 radical (unpaired) electrons. The molecule has 0 spiro atoms. The second-order valence-electron chi connectivity index (χ2n) is 5.78. The molecular formula is C20H14NP. The molecule has 0 atom stereocenters. The van der Waals surface area contributed by atoms with E-state index in [1.54, 1.807) is 0 Å². The van der Waals surface area contributed by atoms with Crippen LogP contribution in [0.3, 0.4) is 0 Å². The summed E-state index contributed by atoms with van der Waals surface area (Å²) in [7, 11) is 1.28. The zero-order valence-corrected chi connectivity index (χ0v) is 13.0. The number of allylic oxidation sites excluding steroid dienone is 1. The van der Waals surface area contributed by atoms with E-state index < -0.39 is 0 Å². The Morgan fingerprint density at radius 1 is 0.864 bits per heavy atom. The van der Waals surface area contributed by atoms with Gasteiger partial charge in [-0.1, -0.05) is 56.7 Å². The number of aromatic nitrogens is 1. The molecule has 2 aromatic carbocycles. The largest absolute Gasteiger partial charge is 0.251 e. The summed E-state index contributed by atoms with van der Waals surface area (Å²) < 4.78 is 0. The summed E-state index contributed by atoms with van der Waals surface area (Å²) in [5, 5.41) is 5.37. The highest BCUT2D eigenvalue weighted by atomic mass is 31.0. The van der Waals surface area contributed by atoms with Crippen molar-refractivity contribution < 1.29 is 0 Å². The first-order chi connectivity index (χ1) is 10.9. The van der Waals surface area contributed by atoms with E-state index in [1.165, 1.54) is 51.7 Å². The third kappa shape index (κ3) is 1.66. The quantitative estimate of drug-likeness (QED) is 0.386. The van der Waals surface area contributed by atoms with Gasteiger partial charge in [-0.15, -0.1) is 0 Å². The van der Waals surface area contributed by atoms with E-state index in [1.807, 2.05) is 0 Å². The normalized spacial score (nSPS) is 14.2. The van der Waals surface area contributed by atoms with Crippen LogP contribution in [0.25, 0.3) is 38.3 Å². The fourth-order valence-corrected chi connectivity index (χ4v) is 4.65. The first-order valence-corrected chi connectivity index (χ1v) is 8.58. The van der Waals surface area contributed by atoms with Gasteiger partial charge in [-0.2, -0.15) is 0 Å². The first-order valence-electron chi connectivity index (χ1n) is 7.68. The summed E-state index contributed by atoms with van der Waals surface area (Å²) in [6, 6.07) is 17.5. The van der Waals surface area contributed by atoms with Crippen LogP contribution >= 0.6 is 8.19 Å². The van der Waals surface area contributed by atoms with Crippen molar-refractivity contribution in [1.82, 2.24) is 4.98 Å². The summed E-state index contributed by atoms with van der Waals surface area (Å²) in [6.45, 7) is 0. The average Bonchev–Trinajstić information content (AvgIpc) is 2.89. The third-order valence-corrected chi connectivity index (χ3v) is 5.73. The molecule has 1 aliphatic carbocycles. The fraction of sp³-hybridized carbons (Fsp3) is 0.100. The van der Waals surface area contributed by atoms with Gasteiger partial charge < -0.3 is 0 Å². The molecular weight excluding hydrogens is 285 g/mol. The maximum atomic E-state index is 5.04. The molecule has 2 aliphatic heterocycles. The number of fused-ring (bicyclic) bond motifs is 7. The van der Waals surface area contributed by atoms with Crippen LogP contribution in [0.4, 0.5) is 0 Å². The first kappa shape index (κ1) is 12.3. The molecule has 0 amide bonds. The minimum atomic E-state index is 1.06. The van der Waals surface area contributed by atoms with Gasteiger partial charge >= 0.3 is 0 Å². The lowest BCUT2D eigenvalue weighted by molar-refractivity contribution is 0.949. The number of nitrogens with zero attached hydrogens (tertiary/aromatic N) is 1. The molecule has 0 unspecified atom stereocenters. The van der Waals surface area contributed by atoms with E-state index in [-0.39, 0.29) is 0 Å². The van der Waals surface area contributed by atoms with Crippen LogP contribution in [-0.2, 0) is 6.42 Å². The van der Waals surface area contributed by atoms with Gasteiger partial charge in [0.15, 0.2) is 0 Å². The zero-order valence-electron chi connectivity index (χ0n) is 12.1. The minimum absolute atomic E-state index is 1.06. The monoisotopic (exact) mass is 299 g/mol. The molecule has 1 nitrogen and oxygen atoms in total. The average molecular weight is 299 g/mol. The smallest absolute Gasteiger partial charge is 0.0800 e. The van der Waals surface area contributed by atoms with E-state index in [0.717, 1.165) is 12.8 Å². The SMILES string of the molecule is C1=Cc2c(nc3c4ccccc4pc4ccccc4c2-3)CC1. The van der Waals surface area contributed by atoms with E-state index in [9.17, 15) is 0 Å². The maximum absolute atomic E-state index is 5.04. The Hall–Kier alpha value is -2.24. The Bertz CT molecular complexity index is 1030. The fourth-order valence-electron chi connectivity index (χ4n) is 3.47. The van der Waals surface area contributed by atoms with Crippen molar-refractivity contribution in [1.29, 1.82) is 0 Å². The standard InChI is InChI=1S/C20H14NP/c1-4-10-16-13(7-1)19-14-8-2-5-11-17(14)22-18-12-6-3-9-15(18)20(19)21-16/h1-3,5-9,11-12H,4,10H2. The van der Waals surface area contributed by atoms with Crippen LogP contribution in [0.2, 0.25) is 0 Å². The van der Waals surface area contributed by atoms with Crippen LogP contribution < -0.4 is 0 Å². The Morgan fingerprint density at radius 2 is 1.59 bits per heavy atom. The molecule has 0 fully saturated rings. The van der Waals surface area contributed by atoms with Crippen LogP contribution in [0.15, 0.2) is 54.6 Å². The molecule has 0 aromatic heterocycles. The number of hydrogen-bond acceptors (Lipinski definition) is 1. The van der Waals surface area contributed by atoms with E-state index in [2.05, 4.69) is 60.7 Å². The lowest BCUT2D eigenvalue weighted by Gasteiger charge is -2.05. The zero-order chi connectivity index (χ0) is 14.5. The highest BCUT2D eigenvalue weighted by Crippen LogP contribution is 2.44. The van der Waals surface area contributed by atoms with Crippen molar-refractivity contribution in [3.63, 3.8) is 0 Å². The molecule has 2 aromatic rings. The van der Waals surface area contributed by atoms with Gasteiger partial charge in [0, 0.05) is 32.4 Å². The van der Waals surface area contributed by atoms with Gasteiger partial charge in [0.2, 0.25) is 0 Å². The molecule has 0 N–H and O–H groups in total. The molecule has 0 saturated carbocycles. The Kier molecular flexibility index (Phi) is 2.59. The second kappa shape index (κ2) is 4.63. The molecule has 104 valence electrons. The van der Waals surface area contributed by atoms with E-state index in [0.29, 0.717) is 0 Å². The van der Waals surface area contributed by atoms with E-state index >= 15 is 0 Å². The predicted octanol–water partition coefficient (Wildman–Crippen LogP) is 6.03. The van der Waals surface area contributed by atoms with Gasteiger partial charge in [0.05, 0.1) is 5.69 Å². The van der Waals surface area contributed by atoms with Gasteiger partial charge in [-0.05, 0) is 30.4 Å². The van der Waals surface area contributed by atoms with Gasteiger partial charge in [-0.25, -0.2) is 0 Å². The molecule has 0 bridgehead atoms. The molecule has 2 heterocycles. The topological polar surface area (TPSA) is 12.9 Å². The van der Waals surface area contributed by atoms with Gasteiger partial charge in [-0.3, -0.25) is 4.98 Å². The van der Waals surface area contributed by atoms with Gasteiger partial charge in [0.1, 0.15) is 0 Å². The lowest BCUT2D eigenvalue weighted by Crippen LogP contribution is -1.90. The second-order valence-corrected chi connectivity index (χ2v) is 6.97. The van der Waals surface area contributed by atoms with Crippen molar-refractivity contribution in [2.45, 2.75) is 12.8 Å². The molecule has 2 heteroatoms. The Balaban J connectivity index is 2.10. The maximum Gasteiger partial charge on any atom is 0.0800 e. The minimum Gasteiger partial charge on any atom is -0.251 e. The molecule has 0 saturated heterocycles. The Labute approximate surface area is 130 Å². The number of benzene rings is 2. The van der Waals surface area contributed by atoms with Crippen molar-refractivity contribution >= 4 is 35.3 Å². The number of rotatable bonds is 0. The summed E-state index contributed by atoms with van der Waals surface area (Å²) in [6.07, 6.45) is 6.71. The summed E-state index contributed by atoms with van der Waals surface area (Å²) >= 11 is 0. The van der Waals surface area contributed by atoms with Crippen molar-refractivity contribution in [3.05, 3.63) is 65.9 Å². The van der Waals surface area contributed by atoms with E-state index in [4.69, 9.17) is 4.98 Å². The summed E-state index contributed by atoms with van der Waals surface area (Å²) in [5.74, 6) is 0. The molecule has 22 heavy (non-hydrogen) atoms. The van der Waals surface area contributed by atoms with Crippen LogP contribution in [0.1, 0.15) is 17.7 Å². The van der Waals surface area contributed by atoms with Crippen molar-refractivity contribution in [3.8, 4) is 11.3 Å². The Morgan fingerprint density at radius 3 is 2.45 bits per heavy atom. The van der Waals surface area contributed by atoms with Crippen LogP contribution in [-0.4, -0.2) is 4.98 Å². The summed E-state index contributed by atoms with van der Waals surface area (Å²) in [5.41, 5.74) is 5.10. The predicted molar refractivity (Wildman–Crippen MR) is 95.7 cm³/mol. The van der Waals surface area contributed by atoms with Crippen molar-refractivity contribution in [2.75, 3.05) is 0 Å². The van der Waals surface area contributed by atoms with Crippen LogP contribution in [0, 0.1) is 0 Å². The third-order valence-electron chi connectivity index (χ3n) is 4.47. The van der Waals surface area contributed by atoms with Crippen molar-refractivity contribution in [2.24, 2.45) is 0 Å².